The van der Waals surface area contributed by atoms with E-state index < -0.39 is 0 Å². The molecule has 0 spiro atoms. The van der Waals surface area contributed by atoms with Crippen molar-refractivity contribution in [3.63, 3.8) is 0 Å². The lowest BCUT2D eigenvalue weighted by Gasteiger charge is -2.17. The Hall–Kier alpha value is -1.86. The van der Waals surface area contributed by atoms with Crippen LogP contribution in [0.2, 0.25) is 0 Å². The summed E-state index contributed by atoms with van der Waals surface area (Å²) in [6.07, 6.45) is 2.97. The summed E-state index contributed by atoms with van der Waals surface area (Å²) in [5.74, 6) is 0.723. The lowest BCUT2D eigenvalue weighted by atomic mass is 10.2. The maximum absolute atomic E-state index is 12.8. The first-order valence-corrected chi connectivity index (χ1v) is 9.14. The zero-order valence-corrected chi connectivity index (χ0v) is 14.4. The number of amides is 1. The van der Waals surface area contributed by atoms with Gasteiger partial charge in [-0.05, 0) is 38.3 Å². The number of nitrogens with zero attached hydrogens (tertiary/aromatic N) is 4. The molecule has 1 unspecified atom stereocenters. The van der Waals surface area contributed by atoms with E-state index in [1.807, 2.05) is 40.7 Å². The van der Waals surface area contributed by atoms with Crippen LogP contribution in [0.3, 0.4) is 0 Å². The molecular weight excluding hydrogens is 324 g/mol. The van der Waals surface area contributed by atoms with E-state index in [0.717, 1.165) is 36.7 Å². The lowest BCUT2D eigenvalue weighted by molar-refractivity contribution is -0.116. The van der Waals surface area contributed by atoms with E-state index in [4.69, 9.17) is 0 Å². The van der Waals surface area contributed by atoms with E-state index >= 15 is 0 Å². The van der Waals surface area contributed by atoms with E-state index in [-0.39, 0.29) is 17.8 Å². The highest BCUT2D eigenvalue weighted by atomic mass is 32.2. The zero-order valence-electron chi connectivity index (χ0n) is 13.6. The molecule has 1 saturated carbocycles. The highest BCUT2D eigenvalue weighted by molar-refractivity contribution is 8.00. The molecule has 0 bridgehead atoms. The molecule has 1 aliphatic heterocycles. The van der Waals surface area contributed by atoms with Crippen molar-refractivity contribution in [2.45, 2.75) is 49.2 Å². The molecule has 6 nitrogen and oxygen atoms in total. The van der Waals surface area contributed by atoms with Crippen LogP contribution in [-0.4, -0.2) is 37.6 Å². The number of aliphatic hydroxyl groups is 1. The molecule has 2 aromatic rings. The Morgan fingerprint density at radius 1 is 1.21 bits per heavy atom. The molecule has 7 heteroatoms. The second-order valence-corrected chi connectivity index (χ2v) is 7.55. The van der Waals surface area contributed by atoms with Crippen molar-refractivity contribution >= 4 is 23.4 Å². The van der Waals surface area contributed by atoms with E-state index in [9.17, 15) is 9.90 Å². The third-order valence-electron chi connectivity index (χ3n) is 4.54. The Balaban J connectivity index is 1.51. The van der Waals surface area contributed by atoms with Crippen LogP contribution in [0.15, 0.2) is 29.4 Å². The summed E-state index contributed by atoms with van der Waals surface area (Å²) < 4.78 is 2.01. The molecular formula is C17H20N4O2S. The topological polar surface area (TPSA) is 71.2 Å². The molecule has 126 valence electrons. The Kier molecular flexibility index (Phi) is 4.05. The molecule has 0 radical (unpaired) electrons. The van der Waals surface area contributed by atoms with Gasteiger partial charge in [-0.2, -0.15) is 0 Å². The van der Waals surface area contributed by atoms with Gasteiger partial charge < -0.3 is 14.6 Å². The fraction of sp³-hybridized carbons (Fsp3) is 0.471. The summed E-state index contributed by atoms with van der Waals surface area (Å²) in [5.41, 5.74) is 2.14. The first-order chi connectivity index (χ1) is 11.7. The molecule has 1 aromatic heterocycles. The van der Waals surface area contributed by atoms with Crippen molar-refractivity contribution in [3.8, 4) is 0 Å². The molecule has 2 heterocycles. The van der Waals surface area contributed by atoms with Gasteiger partial charge in [-0.3, -0.25) is 4.79 Å². The maximum atomic E-state index is 12.8. The first-order valence-electron chi connectivity index (χ1n) is 8.26. The number of aryl methyl sites for hydroxylation is 1. The largest absolute Gasteiger partial charge is 0.388 e. The minimum absolute atomic E-state index is 0.113. The van der Waals surface area contributed by atoms with Gasteiger partial charge in [0, 0.05) is 18.3 Å². The summed E-state index contributed by atoms with van der Waals surface area (Å²) >= 11 is 1.48. The van der Waals surface area contributed by atoms with Crippen LogP contribution in [0.25, 0.3) is 0 Å². The number of rotatable bonds is 5. The quantitative estimate of drug-likeness (QED) is 0.901. The molecule has 4 rings (SSSR count). The van der Waals surface area contributed by atoms with Crippen molar-refractivity contribution < 1.29 is 9.90 Å². The average molecular weight is 344 g/mol. The fourth-order valence-corrected chi connectivity index (χ4v) is 4.23. The van der Waals surface area contributed by atoms with Crippen LogP contribution in [0.4, 0.5) is 5.69 Å². The van der Waals surface area contributed by atoms with Crippen LogP contribution < -0.4 is 4.90 Å². The van der Waals surface area contributed by atoms with Crippen LogP contribution in [0.5, 0.6) is 0 Å². The number of hydrogen-bond acceptors (Lipinski definition) is 5. The van der Waals surface area contributed by atoms with E-state index in [0.29, 0.717) is 11.9 Å². The molecule has 1 aromatic carbocycles. The van der Waals surface area contributed by atoms with E-state index in [1.54, 1.807) is 0 Å². The predicted molar refractivity (Wildman–Crippen MR) is 92.0 cm³/mol. The number of carbonyl (C=O) groups is 1. The van der Waals surface area contributed by atoms with Gasteiger partial charge in [0.2, 0.25) is 5.91 Å². The van der Waals surface area contributed by atoms with Crippen LogP contribution >= 0.6 is 11.8 Å². The third-order valence-corrected chi connectivity index (χ3v) is 5.75. The molecule has 1 aliphatic carbocycles. The number of anilines is 1. The standard InChI is InChI=1S/C17H20N4O2S/c1-11-2-4-12(5-3-11)20-9-8-14(16(20)23)24-17-19-18-15(10-22)21(17)13-6-7-13/h2-5,13-14,22H,6-10H2,1H3. The number of carbonyl (C=O) groups excluding carboxylic acids is 1. The SMILES string of the molecule is Cc1ccc(N2CCC(Sc3nnc(CO)n3C3CC3)C2=O)cc1. The molecule has 1 saturated heterocycles. The summed E-state index contributed by atoms with van der Waals surface area (Å²) in [4.78, 5) is 14.6. The van der Waals surface area contributed by atoms with Crippen molar-refractivity contribution in [2.24, 2.45) is 0 Å². The second kappa shape index (κ2) is 6.22. The van der Waals surface area contributed by atoms with E-state index in [2.05, 4.69) is 10.2 Å². The number of thioether (sulfide) groups is 1. The molecule has 2 aliphatic rings. The molecule has 24 heavy (non-hydrogen) atoms. The van der Waals surface area contributed by atoms with Gasteiger partial charge >= 0.3 is 0 Å². The van der Waals surface area contributed by atoms with Crippen LogP contribution in [0, 0.1) is 6.92 Å². The second-order valence-electron chi connectivity index (χ2n) is 6.38. The van der Waals surface area contributed by atoms with Gasteiger partial charge in [-0.15, -0.1) is 10.2 Å². The molecule has 1 N–H and O–H groups in total. The smallest absolute Gasteiger partial charge is 0.240 e. The van der Waals surface area contributed by atoms with Gasteiger partial charge in [0.05, 0.1) is 5.25 Å². The molecule has 1 amide bonds. The summed E-state index contributed by atoms with van der Waals surface area (Å²) in [7, 11) is 0. The Morgan fingerprint density at radius 2 is 1.96 bits per heavy atom. The highest BCUT2D eigenvalue weighted by Gasteiger charge is 2.36. The first kappa shape index (κ1) is 15.7. The van der Waals surface area contributed by atoms with Crippen LogP contribution in [-0.2, 0) is 11.4 Å². The number of aliphatic hydroxyl groups excluding tert-OH is 1. The molecule has 2 fully saturated rings. The Bertz CT molecular complexity index is 754. The van der Waals surface area contributed by atoms with E-state index in [1.165, 1.54) is 17.3 Å². The van der Waals surface area contributed by atoms with Gasteiger partial charge in [0.25, 0.3) is 0 Å². The predicted octanol–water partition coefficient (Wildman–Crippen LogP) is 2.31. The summed E-state index contributed by atoms with van der Waals surface area (Å²) in [5, 5.41) is 18.3. The van der Waals surface area contributed by atoms with Gasteiger partial charge in [-0.1, -0.05) is 29.5 Å². The third kappa shape index (κ3) is 2.82. The normalized spacial score (nSPS) is 20.8. The Labute approximate surface area is 144 Å². The maximum Gasteiger partial charge on any atom is 0.240 e. The van der Waals surface area contributed by atoms with Gasteiger partial charge in [0.1, 0.15) is 6.61 Å². The fourth-order valence-electron chi connectivity index (χ4n) is 3.07. The Morgan fingerprint density at radius 3 is 2.62 bits per heavy atom. The van der Waals surface area contributed by atoms with Crippen molar-refractivity contribution in [1.82, 2.24) is 14.8 Å². The minimum atomic E-state index is -0.139. The molecule has 1 atom stereocenters. The van der Waals surface area contributed by atoms with Crippen molar-refractivity contribution in [1.29, 1.82) is 0 Å². The number of hydrogen-bond donors (Lipinski definition) is 1. The van der Waals surface area contributed by atoms with Crippen LogP contribution in [0.1, 0.15) is 36.7 Å². The summed E-state index contributed by atoms with van der Waals surface area (Å²) in [6, 6.07) is 8.43. The lowest BCUT2D eigenvalue weighted by Crippen LogP contribution is -2.28. The number of benzene rings is 1. The highest BCUT2D eigenvalue weighted by Crippen LogP contribution is 2.41. The van der Waals surface area contributed by atoms with Crippen molar-refractivity contribution in [2.75, 3.05) is 11.4 Å². The summed E-state index contributed by atoms with van der Waals surface area (Å²) in [6.45, 7) is 2.65. The number of aromatic nitrogens is 3. The van der Waals surface area contributed by atoms with Gasteiger partial charge in [-0.25, -0.2) is 0 Å². The van der Waals surface area contributed by atoms with Gasteiger partial charge in [0.15, 0.2) is 11.0 Å². The van der Waals surface area contributed by atoms with Crippen molar-refractivity contribution in [3.05, 3.63) is 35.7 Å². The monoisotopic (exact) mass is 344 g/mol. The zero-order chi connectivity index (χ0) is 16.7. The average Bonchev–Trinajstić information content (AvgIpc) is 3.25. The minimum Gasteiger partial charge on any atom is -0.388 e.